The van der Waals surface area contributed by atoms with E-state index in [1.54, 1.807) is 31.2 Å². The van der Waals surface area contributed by atoms with Gasteiger partial charge in [0.05, 0.1) is 23.2 Å². The number of benzene rings is 1. The van der Waals surface area contributed by atoms with E-state index in [1.165, 1.54) is 22.2 Å². The molecule has 0 saturated carbocycles. The molecule has 2 amide bonds. The van der Waals surface area contributed by atoms with Crippen molar-refractivity contribution in [1.29, 1.82) is 0 Å². The van der Waals surface area contributed by atoms with Gasteiger partial charge in [-0.1, -0.05) is 13.8 Å². The van der Waals surface area contributed by atoms with Crippen LogP contribution >= 0.6 is 11.3 Å². The lowest BCUT2D eigenvalue weighted by Gasteiger charge is -2.35. The first-order valence-electron chi connectivity index (χ1n) is 11.6. The molecule has 180 valence electrons. The van der Waals surface area contributed by atoms with Crippen LogP contribution in [0.15, 0.2) is 35.4 Å². The highest BCUT2D eigenvalue weighted by molar-refractivity contribution is 7.20. The van der Waals surface area contributed by atoms with Crippen LogP contribution in [0.5, 0.6) is 5.75 Å². The van der Waals surface area contributed by atoms with Crippen LogP contribution in [0.3, 0.4) is 0 Å². The Morgan fingerprint density at radius 3 is 2.50 bits per heavy atom. The standard InChI is InChI=1S/C25H30N4O4S/c1-5-33-19-8-6-18(7-9-19)27-23(31)22-17(4)21-24(34-22)26-14-29(25(21)32)13-20(30)28-11-15(2)10-16(3)12-28/h6-9,14-16H,5,10-13H2,1-4H3,(H,27,31)/t15-,16-/m1/s1. The molecule has 1 N–H and O–H groups in total. The average Bonchev–Trinajstić information content (AvgIpc) is 3.13. The molecule has 1 fully saturated rings. The maximum atomic E-state index is 13.2. The summed E-state index contributed by atoms with van der Waals surface area (Å²) in [7, 11) is 0. The van der Waals surface area contributed by atoms with Crippen LogP contribution < -0.4 is 15.6 Å². The monoisotopic (exact) mass is 482 g/mol. The number of hydrogen-bond donors (Lipinski definition) is 1. The Labute approximate surface area is 202 Å². The van der Waals surface area contributed by atoms with Gasteiger partial charge in [0.15, 0.2) is 0 Å². The number of piperidine rings is 1. The number of fused-ring (bicyclic) bond motifs is 1. The molecule has 3 aromatic rings. The van der Waals surface area contributed by atoms with E-state index in [1.807, 2.05) is 11.8 Å². The van der Waals surface area contributed by atoms with E-state index in [2.05, 4.69) is 24.1 Å². The number of ether oxygens (including phenoxy) is 1. The summed E-state index contributed by atoms with van der Waals surface area (Å²) in [5, 5.41) is 3.25. The lowest BCUT2D eigenvalue weighted by Crippen LogP contribution is -2.44. The van der Waals surface area contributed by atoms with Crippen LogP contribution in [-0.2, 0) is 11.3 Å². The highest BCUT2D eigenvalue weighted by Gasteiger charge is 2.26. The van der Waals surface area contributed by atoms with E-state index >= 15 is 0 Å². The van der Waals surface area contributed by atoms with Gasteiger partial charge < -0.3 is 15.0 Å². The Morgan fingerprint density at radius 2 is 1.85 bits per heavy atom. The molecule has 2 atom stereocenters. The Morgan fingerprint density at radius 1 is 1.18 bits per heavy atom. The maximum absolute atomic E-state index is 13.2. The van der Waals surface area contributed by atoms with Crippen molar-refractivity contribution in [3.05, 3.63) is 51.4 Å². The molecule has 9 heteroatoms. The molecule has 0 aliphatic carbocycles. The number of nitrogens with one attached hydrogen (secondary N) is 1. The van der Waals surface area contributed by atoms with E-state index < -0.39 is 0 Å². The highest BCUT2D eigenvalue weighted by atomic mass is 32.1. The number of thiophene rings is 1. The molecule has 0 bridgehead atoms. The second-order valence-corrected chi connectivity index (χ2v) is 10.1. The Bertz CT molecular complexity index is 1250. The topological polar surface area (TPSA) is 93.5 Å². The summed E-state index contributed by atoms with van der Waals surface area (Å²) in [6, 6.07) is 7.12. The van der Waals surface area contributed by atoms with Crippen molar-refractivity contribution in [2.24, 2.45) is 11.8 Å². The predicted molar refractivity (Wildman–Crippen MR) is 134 cm³/mol. The van der Waals surface area contributed by atoms with Gasteiger partial charge in [-0.2, -0.15) is 0 Å². The fraction of sp³-hybridized carbons (Fsp3) is 0.440. The zero-order chi connectivity index (χ0) is 24.4. The number of likely N-dealkylation sites (tertiary alicyclic amines) is 1. The van der Waals surface area contributed by atoms with E-state index in [4.69, 9.17) is 4.74 Å². The fourth-order valence-corrected chi connectivity index (χ4v) is 5.62. The third-order valence-electron chi connectivity index (χ3n) is 6.07. The summed E-state index contributed by atoms with van der Waals surface area (Å²) in [6.07, 6.45) is 2.51. The van der Waals surface area contributed by atoms with Crippen LogP contribution in [0.25, 0.3) is 10.2 Å². The molecule has 1 aromatic carbocycles. The summed E-state index contributed by atoms with van der Waals surface area (Å²) in [6.45, 7) is 9.88. The molecule has 2 aromatic heterocycles. The summed E-state index contributed by atoms with van der Waals surface area (Å²) in [4.78, 5) is 46.2. The SMILES string of the molecule is CCOc1ccc(NC(=O)c2sc3ncn(CC(=O)N4C[C@H](C)C[C@@H](C)C4)c(=O)c3c2C)cc1. The first kappa shape index (κ1) is 23.9. The Hall–Kier alpha value is -3.20. The summed E-state index contributed by atoms with van der Waals surface area (Å²) in [5.41, 5.74) is 0.902. The van der Waals surface area contributed by atoms with Gasteiger partial charge in [0, 0.05) is 18.8 Å². The molecule has 1 aliphatic heterocycles. The van der Waals surface area contributed by atoms with Crippen molar-refractivity contribution in [3.8, 4) is 5.75 Å². The maximum Gasteiger partial charge on any atom is 0.266 e. The molecule has 0 spiro atoms. The third kappa shape index (κ3) is 4.99. The number of rotatable bonds is 6. The molecule has 3 heterocycles. The molecular weight excluding hydrogens is 452 g/mol. The molecule has 34 heavy (non-hydrogen) atoms. The minimum atomic E-state index is -0.303. The van der Waals surface area contributed by atoms with Crippen molar-refractivity contribution < 1.29 is 14.3 Å². The molecule has 0 radical (unpaired) electrons. The number of amides is 2. The summed E-state index contributed by atoms with van der Waals surface area (Å²) in [5.74, 6) is 1.23. The predicted octanol–water partition coefficient (Wildman–Crippen LogP) is 3.92. The van der Waals surface area contributed by atoms with E-state index in [0.717, 1.165) is 12.2 Å². The molecule has 8 nitrogen and oxygen atoms in total. The number of hydrogen-bond acceptors (Lipinski definition) is 6. The van der Waals surface area contributed by atoms with E-state index in [9.17, 15) is 14.4 Å². The fourth-order valence-electron chi connectivity index (χ4n) is 4.59. The van der Waals surface area contributed by atoms with Crippen molar-refractivity contribution in [3.63, 3.8) is 0 Å². The summed E-state index contributed by atoms with van der Waals surface area (Å²) >= 11 is 1.18. The minimum Gasteiger partial charge on any atom is -0.494 e. The molecule has 1 aliphatic rings. The van der Waals surface area contributed by atoms with Gasteiger partial charge in [-0.3, -0.25) is 19.0 Å². The Balaban J connectivity index is 1.54. The highest BCUT2D eigenvalue weighted by Crippen LogP contribution is 2.28. The number of aryl methyl sites for hydroxylation is 1. The number of aromatic nitrogens is 2. The lowest BCUT2D eigenvalue weighted by atomic mass is 9.92. The van der Waals surface area contributed by atoms with Crippen molar-refractivity contribution in [2.45, 2.75) is 40.7 Å². The number of nitrogens with zero attached hydrogens (tertiary/aromatic N) is 3. The first-order valence-corrected chi connectivity index (χ1v) is 12.4. The largest absolute Gasteiger partial charge is 0.494 e. The normalized spacial score (nSPS) is 18.2. The molecule has 0 unspecified atom stereocenters. The average molecular weight is 483 g/mol. The van der Waals surface area contributed by atoms with Gasteiger partial charge >= 0.3 is 0 Å². The van der Waals surface area contributed by atoms with Crippen molar-refractivity contribution in [1.82, 2.24) is 14.5 Å². The van der Waals surface area contributed by atoms with Crippen LogP contribution in [0, 0.1) is 18.8 Å². The van der Waals surface area contributed by atoms with Crippen LogP contribution in [0.4, 0.5) is 5.69 Å². The van der Waals surface area contributed by atoms with Crippen LogP contribution in [0.1, 0.15) is 42.4 Å². The molecular formula is C25H30N4O4S. The van der Waals surface area contributed by atoms with Gasteiger partial charge in [-0.15, -0.1) is 11.3 Å². The smallest absolute Gasteiger partial charge is 0.266 e. The first-order chi connectivity index (χ1) is 16.3. The van der Waals surface area contributed by atoms with Gasteiger partial charge in [0.1, 0.15) is 17.1 Å². The second-order valence-electron chi connectivity index (χ2n) is 9.07. The quantitative estimate of drug-likeness (QED) is 0.575. The number of anilines is 1. The zero-order valence-corrected chi connectivity index (χ0v) is 20.8. The van der Waals surface area contributed by atoms with Crippen molar-refractivity contribution >= 4 is 39.1 Å². The molecule has 4 rings (SSSR count). The van der Waals surface area contributed by atoms with Crippen LogP contribution in [0.2, 0.25) is 0 Å². The van der Waals surface area contributed by atoms with Gasteiger partial charge in [0.2, 0.25) is 5.91 Å². The van der Waals surface area contributed by atoms with E-state index in [-0.39, 0.29) is 23.9 Å². The molecule has 1 saturated heterocycles. The zero-order valence-electron chi connectivity index (χ0n) is 20.0. The lowest BCUT2D eigenvalue weighted by molar-refractivity contribution is -0.134. The van der Waals surface area contributed by atoms with Gasteiger partial charge in [-0.05, 0) is 61.9 Å². The summed E-state index contributed by atoms with van der Waals surface area (Å²) < 4.78 is 6.78. The number of carbonyl (C=O) groups excluding carboxylic acids is 2. The van der Waals surface area contributed by atoms with Crippen LogP contribution in [-0.4, -0.2) is 46.0 Å². The second kappa shape index (κ2) is 9.97. The van der Waals surface area contributed by atoms with E-state index in [0.29, 0.717) is 57.9 Å². The number of carbonyl (C=O) groups is 2. The van der Waals surface area contributed by atoms with Gasteiger partial charge in [0.25, 0.3) is 11.5 Å². The third-order valence-corrected chi connectivity index (χ3v) is 7.27. The Kier molecular flexibility index (Phi) is 7.02. The minimum absolute atomic E-state index is 0.0514. The van der Waals surface area contributed by atoms with Gasteiger partial charge in [-0.25, -0.2) is 4.98 Å². The van der Waals surface area contributed by atoms with Crippen molar-refractivity contribution in [2.75, 3.05) is 25.0 Å².